The van der Waals surface area contributed by atoms with Crippen molar-refractivity contribution in [1.82, 2.24) is 0 Å². The molecule has 1 unspecified atom stereocenters. The standard InChI is InChI=1S/C20H32NO8PS2/c1-19(2,3)17(22)31-13-11-27-30(26,28-12-14-32-18(23)20(4,5)6)29-16-9-7-15(8-10-16)21(24)25/h7-9,16H,10-14H2,1-6H3. The van der Waals surface area contributed by atoms with Gasteiger partial charge in [-0.1, -0.05) is 65.1 Å². The normalized spacial score (nSPS) is 17.2. The molecule has 0 radical (unpaired) electrons. The Kier molecular flexibility index (Phi) is 11.3. The summed E-state index contributed by atoms with van der Waals surface area (Å²) in [6.45, 7) is 10.7. The second kappa shape index (κ2) is 12.5. The molecule has 1 rings (SSSR count). The zero-order valence-corrected chi connectivity index (χ0v) is 21.8. The van der Waals surface area contributed by atoms with Crippen LogP contribution < -0.4 is 0 Å². The van der Waals surface area contributed by atoms with Crippen LogP contribution in [0.3, 0.4) is 0 Å². The largest absolute Gasteiger partial charge is 0.475 e. The average molecular weight is 510 g/mol. The second-order valence-corrected chi connectivity index (χ2v) is 12.8. The van der Waals surface area contributed by atoms with Gasteiger partial charge in [0.1, 0.15) is 0 Å². The summed E-state index contributed by atoms with van der Waals surface area (Å²) in [6, 6.07) is 0. The van der Waals surface area contributed by atoms with E-state index in [2.05, 4.69) is 0 Å². The third-order valence-electron chi connectivity index (χ3n) is 3.87. The van der Waals surface area contributed by atoms with Crippen molar-refractivity contribution in [1.29, 1.82) is 0 Å². The maximum absolute atomic E-state index is 13.1. The molecule has 0 amide bonds. The topological polar surface area (TPSA) is 122 Å². The molecule has 0 aromatic heterocycles. The van der Waals surface area contributed by atoms with E-state index >= 15 is 0 Å². The Morgan fingerprint density at radius 1 is 1.06 bits per heavy atom. The molecular weight excluding hydrogens is 477 g/mol. The van der Waals surface area contributed by atoms with E-state index in [0.29, 0.717) is 0 Å². The van der Waals surface area contributed by atoms with Gasteiger partial charge in [0, 0.05) is 34.8 Å². The second-order valence-electron chi connectivity index (χ2n) is 9.01. The van der Waals surface area contributed by atoms with Crippen molar-refractivity contribution >= 4 is 41.6 Å². The predicted molar refractivity (Wildman–Crippen MR) is 127 cm³/mol. The SMILES string of the molecule is CC(C)(C)C(=O)SCCOP(=O)(OCCSC(=O)C(C)(C)C)OC1C=CC([N+](=O)[O-])=CC1. The number of phosphoric ester groups is 1. The fourth-order valence-electron chi connectivity index (χ4n) is 2.07. The lowest BCUT2D eigenvalue weighted by atomic mass is 9.99. The van der Waals surface area contributed by atoms with Crippen LogP contribution in [0.25, 0.3) is 0 Å². The summed E-state index contributed by atoms with van der Waals surface area (Å²) in [5.41, 5.74) is -1.09. The lowest BCUT2D eigenvalue weighted by Gasteiger charge is -2.23. The fourth-order valence-corrected chi connectivity index (χ4v) is 5.20. The summed E-state index contributed by atoms with van der Waals surface area (Å²) < 4.78 is 29.5. The molecule has 0 fully saturated rings. The number of hydrogen-bond acceptors (Lipinski definition) is 10. The molecule has 0 bridgehead atoms. The van der Waals surface area contributed by atoms with Crippen molar-refractivity contribution in [2.75, 3.05) is 24.7 Å². The van der Waals surface area contributed by atoms with Gasteiger partial charge in [-0.15, -0.1) is 0 Å². The third-order valence-corrected chi connectivity index (χ3v) is 7.89. The first-order valence-electron chi connectivity index (χ1n) is 10.1. The molecule has 1 aliphatic rings. The Balaban J connectivity index is 2.67. The highest BCUT2D eigenvalue weighted by atomic mass is 32.2. The van der Waals surface area contributed by atoms with Crippen molar-refractivity contribution in [3.63, 3.8) is 0 Å². The van der Waals surface area contributed by atoms with Gasteiger partial charge >= 0.3 is 7.82 Å². The van der Waals surface area contributed by atoms with Gasteiger partial charge in [0.05, 0.1) is 24.2 Å². The number of nitro groups is 1. The molecule has 0 heterocycles. The minimum Gasteiger partial charge on any atom is -0.287 e. The van der Waals surface area contributed by atoms with Crippen LogP contribution in [0.15, 0.2) is 23.9 Å². The zero-order valence-electron chi connectivity index (χ0n) is 19.3. The Labute approximate surface area is 197 Å². The van der Waals surface area contributed by atoms with Gasteiger partial charge in [0.2, 0.25) is 0 Å². The van der Waals surface area contributed by atoms with Gasteiger partial charge < -0.3 is 0 Å². The Hall–Kier alpha value is -0.970. The maximum Gasteiger partial charge on any atom is 0.475 e. The van der Waals surface area contributed by atoms with E-state index < -0.39 is 29.7 Å². The first-order chi connectivity index (χ1) is 14.6. The van der Waals surface area contributed by atoms with Crippen molar-refractivity contribution in [2.45, 2.75) is 54.1 Å². The van der Waals surface area contributed by atoms with Crippen LogP contribution in [0, 0.1) is 20.9 Å². The molecule has 182 valence electrons. The Morgan fingerprint density at radius 2 is 1.53 bits per heavy atom. The zero-order chi connectivity index (χ0) is 24.6. The lowest BCUT2D eigenvalue weighted by molar-refractivity contribution is -0.419. The number of hydrogen-bond donors (Lipinski definition) is 0. The number of thioether (sulfide) groups is 2. The number of rotatable bonds is 11. The van der Waals surface area contributed by atoms with Gasteiger partial charge in [0.25, 0.3) is 5.70 Å². The van der Waals surface area contributed by atoms with Crippen LogP contribution >= 0.6 is 31.3 Å². The molecular formula is C20H32NO8PS2. The molecule has 12 heteroatoms. The predicted octanol–water partition coefficient (Wildman–Crippen LogP) is 5.25. The van der Waals surface area contributed by atoms with Crippen molar-refractivity contribution in [3.8, 4) is 0 Å². The molecule has 32 heavy (non-hydrogen) atoms. The van der Waals surface area contributed by atoms with Gasteiger partial charge in [0.15, 0.2) is 10.2 Å². The van der Waals surface area contributed by atoms with E-state index in [9.17, 15) is 24.3 Å². The van der Waals surface area contributed by atoms with Gasteiger partial charge in [-0.2, -0.15) is 0 Å². The van der Waals surface area contributed by atoms with Crippen LogP contribution in [0.2, 0.25) is 0 Å². The monoisotopic (exact) mass is 509 g/mol. The summed E-state index contributed by atoms with van der Waals surface area (Å²) in [5, 5.41) is 10.8. The first-order valence-corrected chi connectivity index (χ1v) is 13.5. The minimum absolute atomic E-state index is 0.0254. The molecule has 9 nitrogen and oxygen atoms in total. The van der Waals surface area contributed by atoms with E-state index in [1.54, 1.807) is 41.5 Å². The Bertz CT molecular complexity index is 760. The molecule has 0 spiro atoms. The molecule has 0 aliphatic heterocycles. The quantitative estimate of drug-likeness (QED) is 0.158. The molecule has 0 N–H and O–H groups in total. The van der Waals surface area contributed by atoms with Gasteiger partial charge in [-0.3, -0.25) is 33.3 Å². The summed E-state index contributed by atoms with van der Waals surface area (Å²) >= 11 is 2.13. The van der Waals surface area contributed by atoms with E-state index in [-0.39, 0.29) is 47.1 Å². The number of phosphoric acid groups is 1. The molecule has 0 saturated heterocycles. The average Bonchev–Trinajstić information content (AvgIpc) is 2.67. The van der Waals surface area contributed by atoms with Crippen molar-refractivity contribution in [2.24, 2.45) is 10.8 Å². The molecule has 0 aromatic carbocycles. The van der Waals surface area contributed by atoms with Crippen LogP contribution in [0.1, 0.15) is 48.0 Å². The van der Waals surface area contributed by atoms with Crippen molar-refractivity contribution in [3.05, 3.63) is 34.0 Å². The molecule has 0 saturated carbocycles. The van der Waals surface area contributed by atoms with Gasteiger partial charge in [-0.05, 0) is 12.2 Å². The van der Waals surface area contributed by atoms with E-state index in [1.165, 1.54) is 18.2 Å². The van der Waals surface area contributed by atoms with Crippen LogP contribution in [-0.4, -0.2) is 46.0 Å². The fraction of sp³-hybridized carbons (Fsp3) is 0.700. The number of carbonyl (C=O) groups excluding carboxylic acids is 2. The summed E-state index contributed by atoms with van der Waals surface area (Å²) in [7, 11) is -4.03. The highest BCUT2D eigenvalue weighted by Crippen LogP contribution is 2.51. The third kappa shape index (κ3) is 10.8. The summed E-state index contributed by atoms with van der Waals surface area (Å²) in [6.07, 6.45) is 3.47. The van der Waals surface area contributed by atoms with Crippen molar-refractivity contribution < 1.29 is 32.6 Å². The van der Waals surface area contributed by atoms with Crippen LogP contribution in [-0.2, 0) is 27.7 Å². The highest BCUT2D eigenvalue weighted by molar-refractivity contribution is 8.14. The van der Waals surface area contributed by atoms with E-state index in [4.69, 9.17) is 13.6 Å². The number of nitrogens with zero attached hydrogens (tertiary/aromatic N) is 1. The summed E-state index contributed by atoms with van der Waals surface area (Å²) in [5.74, 6) is 0.520. The first kappa shape index (κ1) is 29.1. The van der Waals surface area contributed by atoms with Crippen LogP contribution in [0.4, 0.5) is 0 Å². The highest BCUT2D eigenvalue weighted by Gasteiger charge is 2.32. The maximum atomic E-state index is 13.1. The number of allylic oxidation sites excluding steroid dienone is 1. The number of carbonyl (C=O) groups is 2. The lowest BCUT2D eigenvalue weighted by Crippen LogP contribution is -2.19. The van der Waals surface area contributed by atoms with E-state index in [0.717, 1.165) is 23.5 Å². The minimum atomic E-state index is -4.03. The molecule has 1 aliphatic carbocycles. The smallest absolute Gasteiger partial charge is 0.287 e. The molecule has 0 aromatic rings. The van der Waals surface area contributed by atoms with Crippen LogP contribution in [0.5, 0.6) is 0 Å². The Morgan fingerprint density at radius 3 is 1.88 bits per heavy atom. The van der Waals surface area contributed by atoms with E-state index in [1.807, 2.05) is 0 Å². The molecule has 1 atom stereocenters. The summed E-state index contributed by atoms with van der Waals surface area (Å²) in [4.78, 5) is 34.3. The van der Waals surface area contributed by atoms with Gasteiger partial charge in [-0.25, -0.2) is 4.57 Å².